The van der Waals surface area contributed by atoms with Crippen molar-refractivity contribution in [2.45, 2.75) is 6.92 Å². The predicted molar refractivity (Wildman–Crippen MR) is 147 cm³/mol. The van der Waals surface area contributed by atoms with Gasteiger partial charge in [-0.25, -0.2) is 8.42 Å². The molecule has 18 heteroatoms. The van der Waals surface area contributed by atoms with Crippen molar-refractivity contribution in [3.8, 4) is 0 Å². The Balaban J connectivity index is 0.00000387. The molecule has 2 aliphatic rings. The minimum Gasteiger partial charge on any atom is -0.748 e. The monoisotopic (exact) mass is 579 g/mol. The first-order valence-electron chi connectivity index (χ1n) is 12.8. The van der Waals surface area contributed by atoms with Gasteiger partial charge in [-0.1, -0.05) is 0 Å². The Kier molecular flexibility index (Phi) is 10.5. The summed E-state index contributed by atoms with van der Waals surface area (Å²) in [5, 5.41) is 9.17. The molecule has 3 N–H and O–H groups in total. The summed E-state index contributed by atoms with van der Waals surface area (Å²) in [7, 11) is -4.37. The minimum atomic E-state index is -4.37. The maximum atomic E-state index is 11.0. The van der Waals surface area contributed by atoms with Crippen molar-refractivity contribution in [3.63, 3.8) is 0 Å². The van der Waals surface area contributed by atoms with E-state index in [0.29, 0.717) is 68.9 Å². The van der Waals surface area contributed by atoms with Crippen LogP contribution in [0.1, 0.15) is 5.82 Å². The molecule has 2 fully saturated rings. The van der Waals surface area contributed by atoms with Crippen LogP contribution in [0.3, 0.4) is 0 Å². The largest absolute Gasteiger partial charge is 1.00 e. The van der Waals surface area contributed by atoms with Gasteiger partial charge in [-0.15, -0.1) is 0 Å². The van der Waals surface area contributed by atoms with E-state index in [0.717, 1.165) is 18.8 Å². The number of hydrogen-bond donors (Lipinski definition) is 3. The fourth-order valence-corrected chi connectivity index (χ4v) is 4.37. The van der Waals surface area contributed by atoms with Crippen molar-refractivity contribution >= 4 is 51.2 Å². The van der Waals surface area contributed by atoms with Crippen LogP contribution in [0, 0.1) is 6.92 Å². The summed E-state index contributed by atoms with van der Waals surface area (Å²) >= 11 is 0. The van der Waals surface area contributed by atoms with Crippen molar-refractivity contribution in [1.82, 2.24) is 29.9 Å². The topological polar surface area (TPSA) is 196 Å². The van der Waals surface area contributed by atoms with Crippen LogP contribution in [-0.4, -0.2) is 108 Å². The van der Waals surface area contributed by atoms with Crippen LogP contribution in [0.2, 0.25) is 0 Å². The quantitative estimate of drug-likeness (QED) is 0.168. The second-order valence-electron chi connectivity index (χ2n) is 9.00. The number of morpholine rings is 2. The van der Waals surface area contributed by atoms with Crippen LogP contribution >= 0.6 is 0 Å². The molecular weight excluding hydrogens is 549 g/mol. The Labute approximate surface area is 249 Å². The van der Waals surface area contributed by atoms with Crippen molar-refractivity contribution in [2.24, 2.45) is 0 Å². The summed E-state index contributed by atoms with van der Waals surface area (Å²) in [6.45, 7) is 6.69. The number of nitrogens with one attached hydrogen (secondary N) is 3. The molecule has 2 aromatic heterocycles. The average molecular weight is 580 g/mol. The van der Waals surface area contributed by atoms with Gasteiger partial charge in [0.1, 0.15) is 5.82 Å². The third-order valence-electron chi connectivity index (χ3n) is 5.98. The maximum absolute atomic E-state index is 11.0. The zero-order valence-corrected chi connectivity index (χ0v) is 23.7. The first-order chi connectivity index (χ1) is 19.3. The molecule has 214 valence electrons. The van der Waals surface area contributed by atoms with Gasteiger partial charge in [-0.3, -0.25) is 0 Å². The Bertz CT molecular complexity index is 1410. The second-order valence-corrected chi connectivity index (χ2v) is 10.5. The zero-order chi connectivity index (χ0) is 28.0. The van der Waals surface area contributed by atoms with Gasteiger partial charge < -0.3 is 39.8 Å². The van der Waals surface area contributed by atoms with E-state index >= 15 is 0 Å². The van der Waals surface area contributed by atoms with Gasteiger partial charge in [0.05, 0.1) is 42.3 Å². The molecule has 2 aliphatic heterocycles. The van der Waals surface area contributed by atoms with Gasteiger partial charge in [0, 0.05) is 44.1 Å². The van der Waals surface area contributed by atoms with E-state index in [9.17, 15) is 13.0 Å². The van der Waals surface area contributed by atoms with Gasteiger partial charge in [0.25, 0.3) is 0 Å². The van der Waals surface area contributed by atoms with E-state index in [-0.39, 0.29) is 37.3 Å². The average Bonchev–Trinajstić information content (AvgIpc) is 2.94. The predicted octanol–water partition coefficient (Wildman–Crippen LogP) is -2.51. The van der Waals surface area contributed by atoms with E-state index in [1.165, 1.54) is 0 Å². The molecule has 0 bridgehead atoms. The van der Waals surface area contributed by atoms with Gasteiger partial charge >= 0.3 is 18.9 Å². The van der Waals surface area contributed by atoms with Crippen LogP contribution in [0.4, 0.5) is 41.1 Å². The molecule has 3 aromatic rings. The van der Waals surface area contributed by atoms with Crippen molar-refractivity contribution in [2.75, 3.05) is 90.7 Å². The molecule has 5 rings (SSSR count). The van der Waals surface area contributed by atoms with Crippen molar-refractivity contribution in [1.29, 1.82) is 0 Å². The van der Waals surface area contributed by atoms with Crippen LogP contribution in [0.25, 0.3) is 0 Å². The summed E-state index contributed by atoms with van der Waals surface area (Å²) < 4.78 is 43.8. The van der Waals surface area contributed by atoms with E-state index in [4.69, 9.17) is 9.47 Å². The van der Waals surface area contributed by atoms with E-state index in [1.54, 1.807) is 0 Å². The molecule has 0 unspecified atom stereocenters. The van der Waals surface area contributed by atoms with Gasteiger partial charge in [-0.2, -0.15) is 29.9 Å². The fourth-order valence-electron chi connectivity index (χ4n) is 4.02. The second kappa shape index (κ2) is 14.0. The summed E-state index contributed by atoms with van der Waals surface area (Å²) in [5.41, 5.74) is 1.48. The molecule has 4 heterocycles. The first-order valence-corrected chi connectivity index (χ1v) is 14.3. The molecule has 0 aliphatic carbocycles. The number of nitrogens with zero attached hydrogens (tertiary/aromatic N) is 8. The molecule has 1 aromatic carbocycles. The number of anilines is 7. The number of benzene rings is 1. The van der Waals surface area contributed by atoms with Crippen molar-refractivity contribution < 1.29 is 41.3 Å². The molecule has 2 saturated heterocycles. The first kappa shape index (κ1) is 30.6. The number of rotatable bonds is 10. The molecule has 0 radical (unpaired) electrons. The van der Waals surface area contributed by atoms with Gasteiger partial charge in [-0.05, 0) is 31.2 Å². The Morgan fingerprint density at radius 1 is 0.756 bits per heavy atom. The SMILES string of the molecule is Cc1nc(Nc2ccc(Nc3nc(NCCS(=O)(=O)[O-])nc(N4CCOCC4)n3)cc2)nc(N2CCOCC2)n1.[Li+]. The molecule has 0 amide bonds. The molecule has 0 saturated carbocycles. The third kappa shape index (κ3) is 9.08. The number of aryl methyl sites for hydroxylation is 1. The summed E-state index contributed by atoms with van der Waals surface area (Å²) in [6, 6.07) is 7.40. The molecular formula is C23H30LiN11O5S. The van der Waals surface area contributed by atoms with Crippen LogP contribution in [0.15, 0.2) is 24.3 Å². The van der Waals surface area contributed by atoms with Crippen LogP contribution in [-0.2, 0) is 19.6 Å². The summed E-state index contributed by atoms with van der Waals surface area (Å²) in [4.78, 5) is 30.7. The van der Waals surface area contributed by atoms with Gasteiger partial charge in [0.15, 0.2) is 0 Å². The fraction of sp³-hybridized carbons (Fsp3) is 0.478. The van der Waals surface area contributed by atoms with Crippen LogP contribution in [0.5, 0.6) is 0 Å². The number of ether oxygens (including phenoxy) is 2. The normalized spacial score (nSPS) is 15.7. The van der Waals surface area contributed by atoms with E-state index < -0.39 is 15.9 Å². The number of aromatic nitrogens is 6. The summed E-state index contributed by atoms with van der Waals surface area (Å²) in [6.07, 6.45) is 0. The van der Waals surface area contributed by atoms with Crippen molar-refractivity contribution in [3.05, 3.63) is 30.1 Å². The standard InChI is InChI=1S/C23H31N11O5S.Li/c1-16-25-20(31-22(26-16)33-7-11-38-12-8-33)27-17-2-4-18(5-3-17)28-21-29-19(24-6-15-40(35,36)37)30-23(32-21)34-9-13-39-14-10-34;/h2-5H,6-15H2,1H3,(H,35,36,37)(H,25,26,27,31)(H2,24,28,29,30,32);/q;+1/p-1. The zero-order valence-electron chi connectivity index (χ0n) is 22.9. The van der Waals surface area contributed by atoms with E-state index in [1.807, 2.05) is 36.1 Å². The number of hydrogen-bond acceptors (Lipinski definition) is 16. The Hall–Kier alpha value is -3.33. The molecule has 0 spiro atoms. The van der Waals surface area contributed by atoms with Crippen LogP contribution < -0.4 is 44.6 Å². The summed E-state index contributed by atoms with van der Waals surface area (Å²) in [5.74, 6) is 1.90. The molecule has 0 atom stereocenters. The minimum absolute atomic E-state index is 0. The maximum Gasteiger partial charge on any atom is 1.00 e. The van der Waals surface area contributed by atoms with E-state index in [2.05, 4.69) is 50.8 Å². The Morgan fingerprint density at radius 2 is 1.22 bits per heavy atom. The smallest absolute Gasteiger partial charge is 0.748 e. The molecule has 41 heavy (non-hydrogen) atoms. The molecule has 16 nitrogen and oxygen atoms in total. The van der Waals surface area contributed by atoms with Gasteiger partial charge in [0.2, 0.25) is 29.7 Å². The third-order valence-corrected chi connectivity index (χ3v) is 6.68. The Morgan fingerprint density at radius 3 is 1.73 bits per heavy atom.